The number of hydrogen-bond acceptors (Lipinski definition) is 5. The number of fused-ring (bicyclic) bond motifs is 1. The average Bonchev–Trinajstić information content (AvgIpc) is 2.63. The Balaban J connectivity index is 1.80. The molecule has 2 N–H and O–H groups in total. The van der Waals surface area contributed by atoms with Gasteiger partial charge in [0.2, 0.25) is 11.9 Å². The smallest absolute Gasteiger partial charge is 0.257 e. The highest BCUT2D eigenvalue weighted by molar-refractivity contribution is 6.30. The van der Waals surface area contributed by atoms with Crippen LogP contribution in [0.15, 0.2) is 58.3 Å². The molecular weight excluding hydrogens is 374 g/mol. The molecule has 2 heterocycles. The van der Waals surface area contributed by atoms with Crippen LogP contribution in [-0.2, 0) is 0 Å². The first-order valence-electron chi connectivity index (χ1n) is 8.95. The topological polar surface area (TPSA) is 71.3 Å². The Bertz CT molecular complexity index is 1150. The molecule has 0 saturated carbocycles. The van der Waals surface area contributed by atoms with Crippen molar-refractivity contribution in [3.63, 3.8) is 0 Å². The van der Waals surface area contributed by atoms with Crippen molar-refractivity contribution in [1.29, 1.82) is 0 Å². The Labute approximate surface area is 167 Å². The van der Waals surface area contributed by atoms with Crippen molar-refractivity contribution >= 4 is 29.2 Å². The third kappa shape index (κ3) is 3.51. The van der Waals surface area contributed by atoms with E-state index in [-0.39, 0.29) is 5.56 Å². The van der Waals surface area contributed by atoms with Gasteiger partial charge in [0.25, 0.3) is 5.56 Å². The van der Waals surface area contributed by atoms with E-state index in [4.69, 9.17) is 16.6 Å². The third-order valence-corrected chi connectivity index (χ3v) is 4.96. The Kier molecular flexibility index (Phi) is 4.65. The van der Waals surface area contributed by atoms with E-state index in [9.17, 15) is 4.79 Å². The fraction of sp³-hybridized carbons (Fsp3) is 0.190. The summed E-state index contributed by atoms with van der Waals surface area (Å²) in [5.41, 5.74) is 4.58. The molecule has 1 atom stereocenters. The van der Waals surface area contributed by atoms with Gasteiger partial charge < -0.3 is 5.32 Å². The highest BCUT2D eigenvalue weighted by atomic mass is 35.5. The van der Waals surface area contributed by atoms with Crippen molar-refractivity contribution in [3.8, 4) is 0 Å². The zero-order valence-electron chi connectivity index (χ0n) is 15.8. The molecule has 0 saturated heterocycles. The Hall–Kier alpha value is -3.12. The molecule has 1 aliphatic heterocycles. The number of nitrogens with zero attached hydrogens (tertiary/aromatic N) is 3. The van der Waals surface area contributed by atoms with Crippen molar-refractivity contribution in [1.82, 2.24) is 9.55 Å². The first kappa shape index (κ1) is 18.3. The van der Waals surface area contributed by atoms with Crippen molar-refractivity contribution in [2.24, 2.45) is 4.99 Å². The van der Waals surface area contributed by atoms with Crippen LogP contribution in [0.1, 0.15) is 28.6 Å². The van der Waals surface area contributed by atoms with Gasteiger partial charge >= 0.3 is 0 Å². The van der Waals surface area contributed by atoms with Crippen molar-refractivity contribution in [2.45, 2.75) is 26.9 Å². The van der Waals surface area contributed by atoms with Gasteiger partial charge in [-0.2, -0.15) is 0 Å². The molecule has 4 rings (SSSR count). The summed E-state index contributed by atoms with van der Waals surface area (Å²) in [6.07, 6.45) is -0.565. The first-order chi connectivity index (χ1) is 13.4. The minimum Gasteiger partial charge on any atom is -0.326 e. The van der Waals surface area contributed by atoms with E-state index in [0.717, 1.165) is 11.3 Å². The number of aromatic nitrogens is 2. The number of guanidine groups is 1. The minimum absolute atomic E-state index is 0.172. The van der Waals surface area contributed by atoms with Gasteiger partial charge in [-0.15, -0.1) is 0 Å². The van der Waals surface area contributed by atoms with Crippen molar-refractivity contribution in [2.75, 3.05) is 10.6 Å². The largest absolute Gasteiger partial charge is 0.326 e. The van der Waals surface area contributed by atoms with E-state index >= 15 is 0 Å². The van der Waals surface area contributed by atoms with Gasteiger partial charge in [-0.1, -0.05) is 29.8 Å². The van der Waals surface area contributed by atoms with E-state index in [1.807, 2.05) is 24.3 Å². The van der Waals surface area contributed by atoms with Crippen LogP contribution in [0.3, 0.4) is 0 Å². The van der Waals surface area contributed by atoms with E-state index in [1.165, 1.54) is 21.8 Å². The Morgan fingerprint density at radius 1 is 1.07 bits per heavy atom. The predicted molar refractivity (Wildman–Crippen MR) is 113 cm³/mol. The molecule has 1 aromatic heterocycles. The molecule has 3 aromatic rings. The molecule has 6 nitrogen and oxygen atoms in total. The maximum Gasteiger partial charge on any atom is 0.257 e. The summed E-state index contributed by atoms with van der Waals surface area (Å²) >= 11 is 6.17. The zero-order valence-corrected chi connectivity index (χ0v) is 16.6. The lowest BCUT2D eigenvalue weighted by Crippen LogP contribution is -2.37. The number of benzene rings is 2. The molecule has 0 spiro atoms. The van der Waals surface area contributed by atoms with Gasteiger partial charge in [0, 0.05) is 22.5 Å². The highest BCUT2D eigenvalue weighted by Gasteiger charge is 2.25. The normalized spacial score (nSPS) is 15.4. The fourth-order valence-electron chi connectivity index (χ4n) is 3.16. The van der Waals surface area contributed by atoms with E-state index in [1.54, 1.807) is 13.0 Å². The fourth-order valence-corrected chi connectivity index (χ4v) is 3.36. The standard InChI is InChI=1S/C21H20ClN5O/c1-12-7-8-17(9-13(12)2)24-20-25-19(15-5-4-6-16(22)11-15)27-18(28)10-14(3)23-21(27)26-20/h4-11,19H,1-3H3,(H2,23,24,25,26)/t19-/m0/s1. The van der Waals surface area contributed by atoms with Crippen molar-refractivity contribution in [3.05, 3.63) is 86.3 Å². The molecule has 0 fully saturated rings. The van der Waals surface area contributed by atoms with Gasteiger partial charge in [-0.3, -0.25) is 14.7 Å². The quantitative estimate of drug-likeness (QED) is 0.682. The number of anilines is 2. The van der Waals surface area contributed by atoms with Crippen LogP contribution in [0, 0.1) is 20.8 Å². The molecule has 2 aromatic carbocycles. The SMILES string of the molecule is Cc1cc(=O)n2c(n1)NC(Nc1ccc(C)c(C)c1)=N[C@@H]2c1cccc(Cl)c1. The van der Waals surface area contributed by atoms with Crippen LogP contribution in [-0.4, -0.2) is 15.5 Å². The summed E-state index contributed by atoms with van der Waals surface area (Å²) in [5.74, 6) is 0.960. The maximum atomic E-state index is 12.7. The zero-order chi connectivity index (χ0) is 19.8. The first-order valence-corrected chi connectivity index (χ1v) is 9.33. The number of aliphatic imine (C=N–C) groups is 1. The lowest BCUT2D eigenvalue weighted by atomic mass is 10.1. The predicted octanol–water partition coefficient (Wildman–Crippen LogP) is 4.26. The van der Waals surface area contributed by atoms with Gasteiger partial charge in [0.15, 0.2) is 6.17 Å². The summed E-state index contributed by atoms with van der Waals surface area (Å²) in [7, 11) is 0. The second kappa shape index (κ2) is 7.13. The van der Waals surface area contributed by atoms with Crippen LogP contribution >= 0.6 is 11.6 Å². The minimum atomic E-state index is -0.565. The number of rotatable bonds is 2. The molecule has 28 heavy (non-hydrogen) atoms. The van der Waals surface area contributed by atoms with Gasteiger partial charge in [-0.05, 0) is 61.7 Å². The number of nitrogens with one attached hydrogen (secondary N) is 2. The number of aryl methyl sites for hydroxylation is 3. The summed E-state index contributed by atoms with van der Waals surface area (Å²) in [4.78, 5) is 21.9. The highest BCUT2D eigenvalue weighted by Crippen LogP contribution is 2.27. The second-order valence-electron chi connectivity index (χ2n) is 6.88. The molecule has 0 amide bonds. The lowest BCUT2D eigenvalue weighted by molar-refractivity contribution is 0.577. The Morgan fingerprint density at radius 3 is 2.64 bits per heavy atom. The van der Waals surface area contributed by atoms with E-state index in [2.05, 4.69) is 41.6 Å². The maximum absolute atomic E-state index is 12.7. The third-order valence-electron chi connectivity index (χ3n) is 4.72. The van der Waals surface area contributed by atoms with Gasteiger partial charge in [0.05, 0.1) is 0 Å². The monoisotopic (exact) mass is 393 g/mol. The van der Waals surface area contributed by atoms with Crippen LogP contribution < -0.4 is 16.2 Å². The molecule has 0 bridgehead atoms. The molecule has 1 aliphatic rings. The molecule has 7 heteroatoms. The molecular formula is C21H20ClN5O. The summed E-state index contributed by atoms with van der Waals surface area (Å²) < 4.78 is 1.53. The van der Waals surface area contributed by atoms with E-state index in [0.29, 0.717) is 22.6 Å². The lowest BCUT2D eigenvalue weighted by Gasteiger charge is -2.27. The average molecular weight is 394 g/mol. The number of halogens is 1. The van der Waals surface area contributed by atoms with Gasteiger partial charge in [0.1, 0.15) is 0 Å². The van der Waals surface area contributed by atoms with E-state index < -0.39 is 6.17 Å². The van der Waals surface area contributed by atoms with Crippen molar-refractivity contribution < 1.29 is 0 Å². The van der Waals surface area contributed by atoms with Crippen LogP contribution in [0.25, 0.3) is 0 Å². The van der Waals surface area contributed by atoms with Gasteiger partial charge in [-0.25, -0.2) is 9.98 Å². The Morgan fingerprint density at radius 2 is 1.89 bits per heavy atom. The number of hydrogen-bond donors (Lipinski definition) is 2. The van der Waals surface area contributed by atoms with Crippen LogP contribution in [0.5, 0.6) is 0 Å². The summed E-state index contributed by atoms with van der Waals surface area (Å²) in [5, 5.41) is 7.01. The molecule has 0 aliphatic carbocycles. The summed E-state index contributed by atoms with van der Waals surface area (Å²) in [6, 6.07) is 14.9. The summed E-state index contributed by atoms with van der Waals surface area (Å²) in [6.45, 7) is 5.92. The van der Waals surface area contributed by atoms with Crippen LogP contribution in [0.2, 0.25) is 5.02 Å². The molecule has 0 radical (unpaired) electrons. The second-order valence-corrected chi connectivity index (χ2v) is 7.32. The van der Waals surface area contributed by atoms with Crippen LogP contribution in [0.4, 0.5) is 11.6 Å². The molecule has 0 unspecified atom stereocenters. The molecule has 142 valence electrons.